The van der Waals surface area contributed by atoms with E-state index in [1.807, 2.05) is 0 Å². The molecule has 3 rings (SSSR count). The van der Waals surface area contributed by atoms with Crippen LogP contribution in [0.4, 0.5) is 0 Å². The number of hydrogen-bond donors (Lipinski definition) is 1. The van der Waals surface area contributed by atoms with Gasteiger partial charge in [0.05, 0.1) is 6.61 Å². The lowest BCUT2D eigenvalue weighted by molar-refractivity contribution is -0.166. The molecule has 0 spiro atoms. The number of hydrogen-bond acceptors (Lipinski definition) is 6. The molecule has 0 bridgehead atoms. The zero-order valence-corrected chi connectivity index (χ0v) is 13.6. The summed E-state index contributed by atoms with van der Waals surface area (Å²) in [6, 6.07) is 8.76. The number of rotatable bonds is 4. The first kappa shape index (κ1) is 16.8. The smallest absolute Gasteiger partial charge is 0.347 e. The van der Waals surface area contributed by atoms with Crippen molar-refractivity contribution in [3.05, 3.63) is 48.6 Å². The van der Waals surface area contributed by atoms with Crippen LogP contribution >= 0.6 is 0 Å². The number of carbonyl (C=O) groups is 2. The average Bonchev–Trinajstić information content (AvgIpc) is 3.02. The van der Waals surface area contributed by atoms with Crippen molar-refractivity contribution in [3.8, 4) is 0 Å². The van der Waals surface area contributed by atoms with Gasteiger partial charge in [0.1, 0.15) is 6.10 Å². The second-order valence-corrected chi connectivity index (χ2v) is 6.45. The Kier molecular flexibility index (Phi) is 4.07. The predicted octanol–water partition coefficient (Wildman–Crippen LogP) is 1.33. The molecule has 2 aliphatic rings. The van der Waals surface area contributed by atoms with Crippen molar-refractivity contribution >= 4 is 11.8 Å². The SMILES string of the molecule is C=C[C@H](c1ccccc1)[C@@]1(O)C(=O)O[C@H]([C@@H]2COC(C)(C)O2)C1=O. The van der Waals surface area contributed by atoms with Crippen molar-refractivity contribution in [1.82, 2.24) is 0 Å². The Hall–Kier alpha value is -2.02. The van der Waals surface area contributed by atoms with Gasteiger partial charge >= 0.3 is 5.97 Å². The van der Waals surface area contributed by atoms with E-state index in [4.69, 9.17) is 14.2 Å². The van der Waals surface area contributed by atoms with Crippen molar-refractivity contribution < 1.29 is 28.9 Å². The first-order valence-corrected chi connectivity index (χ1v) is 7.76. The molecule has 1 aromatic rings. The molecule has 0 saturated carbocycles. The maximum absolute atomic E-state index is 12.8. The third-order valence-electron chi connectivity index (χ3n) is 4.39. The molecule has 2 saturated heterocycles. The van der Waals surface area contributed by atoms with E-state index in [9.17, 15) is 14.7 Å². The third kappa shape index (κ3) is 2.56. The fraction of sp³-hybridized carbons (Fsp3) is 0.444. The van der Waals surface area contributed by atoms with E-state index < -0.39 is 41.3 Å². The van der Waals surface area contributed by atoms with E-state index in [2.05, 4.69) is 6.58 Å². The molecule has 24 heavy (non-hydrogen) atoms. The number of benzene rings is 1. The molecule has 0 radical (unpaired) electrons. The van der Waals surface area contributed by atoms with E-state index in [0.29, 0.717) is 5.56 Å². The fourth-order valence-electron chi connectivity index (χ4n) is 3.17. The average molecular weight is 332 g/mol. The molecule has 128 valence electrons. The van der Waals surface area contributed by atoms with Crippen LogP contribution < -0.4 is 0 Å². The summed E-state index contributed by atoms with van der Waals surface area (Å²) in [4.78, 5) is 25.2. The van der Waals surface area contributed by atoms with Gasteiger partial charge in [0.15, 0.2) is 11.9 Å². The monoisotopic (exact) mass is 332 g/mol. The van der Waals surface area contributed by atoms with Crippen LogP contribution in [0.3, 0.4) is 0 Å². The molecular weight excluding hydrogens is 312 g/mol. The zero-order valence-electron chi connectivity index (χ0n) is 13.6. The summed E-state index contributed by atoms with van der Waals surface area (Å²) in [6.07, 6.45) is -0.561. The Labute approximate surface area is 140 Å². The van der Waals surface area contributed by atoms with E-state index in [0.717, 1.165) is 0 Å². The summed E-state index contributed by atoms with van der Waals surface area (Å²) in [6.45, 7) is 7.18. The lowest BCUT2D eigenvalue weighted by Crippen LogP contribution is -2.49. The minimum absolute atomic E-state index is 0.108. The molecule has 2 heterocycles. The molecule has 2 fully saturated rings. The maximum Gasteiger partial charge on any atom is 0.347 e. The van der Waals surface area contributed by atoms with Crippen LogP contribution in [0.5, 0.6) is 0 Å². The van der Waals surface area contributed by atoms with Gasteiger partial charge in [-0.05, 0) is 19.4 Å². The van der Waals surface area contributed by atoms with E-state index in [1.54, 1.807) is 44.2 Å². The Balaban J connectivity index is 1.91. The van der Waals surface area contributed by atoms with Gasteiger partial charge in [0.2, 0.25) is 11.4 Å². The quantitative estimate of drug-likeness (QED) is 0.509. The van der Waals surface area contributed by atoms with Crippen LogP contribution in [0.1, 0.15) is 25.3 Å². The molecular formula is C18H20O6. The number of carbonyl (C=O) groups excluding carboxylic acids is 2. The topological polar surface area (TPSA) is 82.1 Å². The highest BCUT2D eigenvalue weighted by Gasteiger charge is 2.63. The third-order valence-corrected chi connectivity index (χ3v) is 4.39. The van der Waals surface area contributed by atoms with Crippen molar-refractivity contribution in [2.24, 2.45) is 0 Å². The Morgan fingerprint density at radius 1 is 1.29 bits per heavy atom. The second-order valence-electron chi connectivity index (χ2n) is 6.45. The van der Waals surface area contributed by atoms with E-state index in [-0.39, 0.29) is 6.61 Å². The normalized spacial score (nSPS) is 33.3. The summed E-state index contributed by atoms with van der Waals surface area (Å²) in [5, 5.41) is 10.9. The van der Waals surface area contributed by atoms with Crippen molar-refractivity contribution in [3.63, 3.8) is 0 Å². The van der Waals surface area contributed by atoms with Gasteiger partial charge < -0.3 is 19.3 Å². The molecule has 4 atom stereocenters. The van der Waals surface area contributed by atoms with Crippen LogP contribution in [-0.4, -0.2) is 47.1 Å². The van der Waals surface area contributed by atoms with Gasteiger partial charge in [-0.1, -0.05) is 36.4 Å². The Morgan fingerprint density at radius 2 is 1.96 bits per heavy atom. The molecule has 0 aromatic heterocycles. The van der Waals surface area contributed by atoms with Crippen LogP contribution in [0.2, 0.25) is 0 Å². The maximum atomic E-state index is 12.8. The lowest BCUT2D eigenvalue weighted by Gasteiger charge is -2.25. The minimum atomic E-state index is -2.32. The summed E-state index contributed by atoms with van der Waals surface area (Å²) in [5.41, 5.74) is -1.71. The van der Waals surface area contributed by atoms with Crippen LogP contribution in [-0.2, 0) is 23.8 Å². The van der Waals surface area contributed by atoms with Crippen molar-refractivity contribution in [2.75, 3.05) is 6.61 Å². The molecule has 2 aliphatic heterocycles. The standard InChI is InChI=1S/C18H20O6/c1-4-12(11-8-6-5-7-9-11)18(21)15(19)14(23-16(18)20)13-10-22-17(2,3)24-13/h4-9,12-14,21H,1,10H2,2-3H3/t12-,13+,14-,18+/m1/s1. The van der Waals surface area contributed by atoms with Crippen LogP contribution in [0.15, 0.2) is 43.0 Å². The number of ether oxygens (including phenoxy) is 3. The van der Waals surface area contributed by atoms with Gasteiger partial charge in [-0.2, -0.15) is 0 Å². The molecule has 1 N–H and O–H groups in total. The Morgan fingerprint density at radius 3 is 2.50 bits per heavy atom. The van der Waals surface area contributed by atoms with Crippen molar-refractivity contribution in [1.29, 1.82) is 0 Å². The number of ketones is 1. The van der Waals surface area contributed by atoms with Gasteiger partial charge in [-0.25, -0.2) is 4.79 Å². The highest BCUT2D eigenvalue weighted by molar-refractivity contribution is 6.15. The lowest BCUT2D eigenvalue weighted by atomic mass is 9.78. The number of esters is 1. The van der Waals surface area contributed by atoms with Gasteiger partial charge in [0, 0.05) is 5.92 Å². The van der Waals surface area contributed by atoms with Gasteiger partial charge in [-0.15, -0.1) is 6.58 Å². The van der Waals surface area contributed by atoms with Crippen LogP contribution in [0, 0.1) is 0 Å². The fourth-order valence-corrected chi connectivity index (χ4v) is 3.17. The second kappa shape index (κ2) is 5.81. The predicted molar refractivity (Wildman–Crippen MR) is 84.1 cm³/mol. The first-order valence-electron chi connectivity index (χ1n) is 7.76. The van der Waals surface area contributed by atoms with Crippen LogP contribution in [0.25, 0.3) is 0 Å². The highest BCUT2D eigenvalue weighted by atomic mass is 16.8. The summed E-state index contributed by atoms with van der Waals surface area (Å²) in [7, 11) is 0. The minimum Gasteiger partial charge on any atom is -0.449 e. The zero-order chi connectivity index (χ0) is 17.5. The largest absolute Gasteiger partial charge is 0.449 e. The molecule has 6 heteroatoms. The van der Waals surface area contributed by atoms with E-state index in [1.165, 1.54) is 6.08 Å². The molecule has 0 unspecified atom stereocenters. The number of cyclic esters (lactones) is 1. The van der Waals surface area contributed by atoms with E-state index >= 15 is 0 Å². The Bertz CT molecular complexity index is 667. The summed E-state index contributed by atoms with van der Waals surface area (Å²) < 4.78 is 16.2. The highest BCUT2D eigenvalue weighted by Crippen LogP contribution is 2.39. The molecule has 1 aromatic carbocycles. The number of Topliss-reactive ketones (excluding diaryl/α,β-unsaturated/α-hetero) is 1. The molecule has 0 amide bonds. The van der Waals surface area contributed by atoms with Gasteiger partial charge in [-0.3, -0.25) is 4.79 Å². The first-order chi connectivity index (χ1) is 11.3. The molecule has 0 aliphatic carbocycles. The summed E-state index contributed by atoms with van der Waals surface area (Å²) in [5.74, 6) is -3.49. The molecule has 6 nitrogen and oxygen atoms in total. The summed E-state index contributed by atoms with van der Waals surface area (Å²) >= 11 is 0. The number of aliphatic hydroxyl groups is 1. The van der Waals surface area contributed by atoms with Crippen molar-refractivity contribution in [2.45, 2.75) is 43.4 Å². The van der Waals surface area contributed by atoms with Gasteiger partial charge in [0.25, 0.3) is 0 Å².